The highest BCUT2D eigenvalue weighted by Crippen LogP contribution is 2.37. The van der Waals surface area contributed by atoms with Crippen molar-refractivity contribution < 1.29 is 18.3 Å². The van der Waals surface area contributed by atoms with E-state index in [1.54, 1.807) is 4.31 Å². The summed E-state index contributed by atoms with van der Waals surface area (Å²) in [5.41, 5.74) is 9.92. The van der Waals surface area contributed by atoms with E-state index in [-0.39, 0.29) is 18.3 Å². The quantitative estimate of drug-likeness (QED) is 0.329. The van der Waals surface area contributed by atoms with Crippen LogP contribution in [0, 0.1) is 0 Å². The summed E-state index contributed by atoms with van der Waals surface area (Å²) in [5, 5.41) is 12.8. The fraction of sp³-hybridized carbons (Fsp3) is 0.400. The molecule has 0 bridgehead atoms. The molecule has 182 valence electrons. The zero-order valence-corrected chi connectivity index (χ0v) is 20.0. The topological polar surface area (TPSA) is 129 Å². The molecule has 0 unspecified atom stereocenters. The van der Waals surface area contributed by atoms with Crippen LogP contribution >= 0.6 is 0 Å². The summed E-state index contributed by atoms with van der Waals surface area (Å²) in [6, 6.07) is 13.8. The first-order valence-corrected chi connectivity index (χ1v) is 13.3. The van der Waals surface area contributed by atoms with Gasteiger partial charge in [0, 0.05) is 31.2 Å². The van der Waals surface area contributed by atoms with Crippen LogP contribution in [-0.2, 0) is 10.0 Å². The number of carbonyl (C=O) groups is 1. The van der Waals surface area contributed by atoms with Gasteiger partial charge in [0.05, 0.1) is 23.4 Å². The predicted octanol–water partition coefficient (Wildman–Crippen LogP) is 2.41. The fourth-order valence-corrected chi connectivity index (χ4v) is 6.27. The number of H-pyrrole nitrogens is 1. The standard InChI is InChI=1S/C25H32N4O4S/c26-25(31)22-16-20(18-5-2-1-3-6-18)15-21-23(17-28-24(21)22)19-7-11-29(12-8-19)34(32,33)14-4-9-27-10-13-30/h1-3,5-6,15-17,19,27-28,30H,4,7-14H2,(H2,26,31). The van der Waals surface area contributed by atoms with Crippen LogP contribution in [0.5, 0.6) is 0 Å². The van der Waals surface area contributed by atoms with E-state index in [9.17, 15) is 13.2 Å². The molecule has 1 amide bonds. The molecule has 0 radical (unpaired) electrons. The Kier molecular flexibility index (Phi) is 7.67. The van der Waals surface area contributed by atoms with Crippen LogP contribution in [-0.4, -0.2) is 67.3 Å². The monoisotopic (exact) mass is 484 g/mol. The van der Waals surface area contributed by atoms with E-state index in [1.165, 1.54) is 0 Å². The second kappa shape index (κ2) is 10.7. The first kappa shape index (κ1) is 24.4. The third kappa shape index (κ3) is 5.33. The fourth-order valence-electron chi connectivity index (χ4n) is 4.74. The van der Waals surface area contributed by atoms with Gasteiger partial charge in [-0.15, -0.1) is 0 Å². The minimum absolute atomic E-state index is 0.0435. The number of sulfonamides is 1. The number of nitrogens with zero attached hydrogens (tertiary/aromatic N) is 1. The molecule has 1 aromatic heterocycles. The number of carbonyl (C=O) groups excluding carboxylic acids is 1. The van der Waals surface area contributed by atoms with Crippen molar-refractivity contribution in [1.82, 2.24) is 14.6 Å². The normalized spacial score (nSPS) is 15.7. The first-order chi connectivity index (χ1) is 16.4. The molecular formula is C25H32N4O4S. The van der Waals surface area contributed by atoms with Gasteiger partial charge in [-0.1, -0.05) is 30.3 Å². The summed E-state index contributed by atoms with van der Waals surface area (Å²) in [6.45, 7) is 2.04. The molecule has 0 atom stereocenters. The average Bonchev–Trinajstić information content (AvgIpc) is 3.28. The zero-order chi connectivity index (χ0) is 24.1. The van der Waals surface area contributed by atoms with E-state index in [2.05, 4.69) is 16.4 Å². The second-order valence-electron chi connectivity index (χ2n) is 8.74. The average molecular weight is 485 g/mol. The molecule has 1 aliphatic heterocycles. The van der Waals surface area contributed by atoms with Gasteiger partial charge in [0.15, 0.2) is 0 Å². The van der Waals surface area contributed by atoms with E-state index in [4.69, 9.17) is 10.8 Å². The maximum atomic E-state index is 12.7. The van der Waals surface area contributed by atoms with Gasteiger partial charge >= 0.3 is 0 Å². The molecule has 8 nitrogen and oxygen atoms in total. The first-order valence-electron chi connectivity index (χ1n) is 11.7. The van der Waals surface area contributed by atoms with Gasteiger partial charge in [0.1, 0.15) is 0 Å². The predicted molar refractivity (Wildman–Crippen MR) is 134 cm³/mol. The Hall–Kier alpha value is -2.72. The molecule has 2 aromatic carbocycles. The number of primary amides is 1. The third-order valence-corrected chi connectivity index (χ3v) is 8.48. The Morgan fingerprint density at radius 2 is 1.85 bits per heavy atom. The molecule has 3 aromatic rings. The minimum Gasteiger partial charge on any atom is -0.395 e. The lowest BCUT2D eigenvalue weighted by molar-refractivity contribution is 0.100. The molecule has 34 heavy (non-hydrogen) atoms. The minimum atomic E-state index is -3.30. The van der Waals surface area contributed by atoms with Crippen LogP contribution in [0.2, 0.25) is 0 Å². The van der Waals surface area contributed by atoms with Crippen LogP contribution in [0.25, 0.3) is 22.0 Å². The molecule has 5 N–H and O–H groups in total. The Bertz CT molecular complexity index is 1230. The lowest BCUT2D eigenvalue weighted by atomic mass is 9.88. The van der Waals surface area contributed by atoms with Crippen molar-refractivity contribution in [3.8, 4) is 11.1 Å². The van der Waals surface area contributed by atoms with E-state index < -0.39 is 15.9 Å². The van der Waals surface area contributed by atoms with Crippen LogP contribution in [0.3, 0.4) is 0 Å². The molecule has 1 aliphatic rings. The molecule has 4 rings (SSSR count). The Morgan fingerprint density at radius 1 is 1.12 bits per heavy atom. The molecular weight excluding hydrogens is 452 g/mol. The summed E-state index contributed by atoms with van der Waals surface area (Å²) in [7, 11) is -3.30. The van der Waals surface area contributed by atoms with Crippen LogP contribution in [0.1, 0.15) is 41.1 Å². The van der Waals surface area contributed by atoms with Gasteiger partial charge in [0.25, 0.3) is 5.91 Å². The maximum absolute atomic E-state index is 12.7. The lowest BCUT2D eigenvalue weighted by Gasteiger charge is -2.31. The molecule has 9 heteroatoms. The number of aliphatic hydroxyl groups excluding tert-OH is 1. The largest absolute Gasteiger partial charge is 0.395 e. The van der Waals surface area contributed by atoms with Crippen molar-refractivity contribution in [3.63, 3.8) is 0 Å². The summed E-state index contributed by atoms with van der Waals surface area (Å²) in [5.74, 6) is -0.185. The molecule has 0 saturated carbocycles. The van der Waals surface area contributed by atoms with Gasteiger partial charge in [-0.25, -0.2) is 12.7 Å². The van der Waals surface area contributed by atoms with Crippen molar-refractivity contribution in [2.24, 2.45) is 5.73 Å². The van der Waals surface area contributed by atoms with E-state index in [1.807, 2.05) is 42.6 Å². The number of nitrogens with two attached hydrogens (primary N) is 1. The smallest absolute Gasteiger partial charge is 0.250 e. The van der Waals surface area contributed by atoms with Gasteiger partial charge in [0.2, 0.25) is 10.0 Å². The summed E-state index contributed by atoms with van der Waals surface area (Å²) in [6.07, 6.45) is 3.89. The van der Waals surface area contributed by atoms with E-state index in [0.29, 0.717) is 38.2 Å². The third-order valence-electron chi connectivity index (χ3n) is 6.53. The van der Waals surface area contributed by atoms with Crippen molar-refractivity contribution >= 4 is 26.8 Å². The van der Waals surface area contributed by atoms with E-state index in [0.717, 1.165) is 40.4 Å². The zero-order valence-electron chi connectivity index (χ0n) is 19.2. The number of hydrogen-bond donors (Lipinski definition) is 4. The lowest BCUT2D eigenvalue weighted by Crippen LogP contribution is -2.39. The molecule has 2 heterocycles. The number of aliphatic hydroxyl groups is 1. The number of aromatic amines is 1. The number of amides is 1. The van der Waals surface area contributed by atoms with Gasteiger partial charge in [-0.3, -0.25) is 4.79 Å². The Morgan fingerprint density at radius 3 is 2.53 bits per heavy atom. The van der Waals surface area contributed by atoms with Crippen molar-refractivity contribution in [3.05, 3.63) is 59.8 Å². The van der Waals surface area contributed by atoms with E-state index >= 15 is 0 Å². The van der Waals surface area contributed by atoms with Crippen molar-refractivity contribution in [2.45, 2.75) is 25.2 Å². The SMILES string of the molecule is NC(=O)c1cc(-c2ccccc2)cc2c(C3CCN(S(=O)(=O)CCCNCCO)CC3)c[nH]c12. The van der Waals surface area contributed by atoms with Crippen LogP contribution in [0.15, 0.2) is 48.7 Å². The number of fused-ring (bicyclic) bond motifs is 1. The Labute approximate surface area is 200 Å². The molecule has 0 aliphatic carbocycles. The van der Waals surface area contributed by atoms with Crippen LogP contribution in [0.4, 0.5) is 0 Å². The van der Waals surface area contributed by atoms with Gasteiger partial charge < -0.3 is 21.1 Å². The second-order valence-corrected chi connectivity index (χ2v) is 10.8. The maximum Gasteiger partial charge on any atom is 0.250 e. The number of benzene rings is 2. The number of nitrogens with one attached hydrogen (secondary N) is 2. The highest BCUT2D eigenvalue weighted by atomic mass is 32.2. The van der Waals surface area contributed by atoms with Crippen molar-refractivity contribution in [2.75, 3.05) is 38.5 Å². The highest BCUT2D eigenvalue weighted by Gasteiger charge is 2.30. The summed E-state index contributed by atoms with van der Waals surface area (Å²) < 4.78 is 27.1. The van der Waals surface area contributed by atoms with Gasteiger partial charge in [-0.05, 0) is 60.5 Å². The number of rotatable bonds is 10. The molecule has 1 fully saturated rings. The van der Waals surface area contributed by atoms with Crippen LogP contribution < -0.4 is 11.1 Å². The summed E-state index contributed by atoms with van der Waals surface area (Å²) in [4.78, 5) is 15.4. The molecule has 1 saturated heterocycles. The van der Waals surface area contributed by atoms with Gasteiger partial charge in [-0.2, -0.15) is 0 Å². The summed E-state index contributed by atoms with van der Waals surface area (Å²) >= 11 is 0. The number of hydrogen-bond acceptors (Lipinski definition) is 5. The number of piperidine rings is 1. The number of aromatic nitrogens is 1. The Balaban J connectivity index is 1.52. The molecule has 0 spiro atoms. The highest BCUT2D eigenvalue weighted by molar-refractivity contribution is 7.89. The van der Waals surface area contributed by atoms with Crippen molar-refractivity contribution in [1.29, 1.82) is 0 Å².